The van der Waals surface area contributed by atoms with Gasteiger partial charge in [0.05, 0.1) is 17.7 Å². The molecule has 0 radical (unpaired) electrons. The van der Waals surface area contributed by atoms with Gasteiger partial charge >= 0.3 is 6.18 Å². The van der Waals surface area contributed by atoms with E-state index in [2.05, 4.69) is 32.1 Å². The third kappa shape index (κ3) is 5.57. The van der Waals surface area contributed by atoms with Crippen molar-refractivity contribution < 1.29 is 17.9 Å². The molecule has 1 fully saturated rings. The topological polar surface area (TPSA) is 60.8 Å². The normalized spacial score (nSPS) is 13.4. The highest BCUT2D eigenvalue weighted by molar-refractivity contribution is 5.77. The molecule has 0 saturated heterocycles. The summed E-state index contributed by atoms with van der Waals surface area (Å²) < 4.78 is 43.4. The number of hydrogen-bond acceptors (Lipinski definition) is 5. The smallest absolute Gasteiger partial charge is 0.433 e. The van der Waals surface area contributed by atoms with E-state index in [1.165, 1.54) is 17.6 Å². The van der Waals surface area contributed by atoms with Crippen LogP contribution in [0.2, 0.25) is 0 Å². The maximum absolute atomic E-state index is 12.6. The first-order valence-corrected chi connectivity index (χ1v) is 10.2. The minimum Gasteiger partial charge on any atom is -0.477 e. The first-order chi connectivity index (χ1) is 15.4. The summed E-state index contributed by atoms with van der Waals surface area (Å²) in [6, 6.07) is 14.4. The first kappa shape index (κ1) is 21.7. The monoisotopic (exact) mass is 438 g/mol. The molecule has 1 saturated carbocycles. The fourth-order valence-corrected chi connectivity index (χ4v) is 2.98. The van der Waals surface area contributed by atoms with E-state index in [0.29, 0.717) is 35.4 Å². The highest BCUT2D eigenvalue weighted by Gasteiger charge is 2.32. The molecule has 0 unspecified atom stereocenters. The highest BCUT2D eigenvalue weighted by Crippen LogP contribution is 2.33. The zero-order chi connectivity index (χ0) is 22.6. The summed E-state index contributed by atoms with van der Waals surface area (Å²) in [4.78, 5) is 16.0. The Bertz CT molecular complexity index is 1130. The van der Waals surface area contributed by atoms with Gasteiger partial charge in [-0.15, -0.1) is 0 Å². The van der Waals surface area contributed by atoms with Crippen LogP contribution in [0.3, 0.4) is 0 Å². The number of ether oxygens (including phenoxy) is 1. The maximum Gasteiger partial charge on any atom is 0.433 e. The van der Waals surface area contributed by atoms with E-state index in [9.17, 15) is 13.2 Å². The number of hydrogen-bond donors (Lipinski definition) is 0. The van der Waals surface area contributed by atoms with E-state index < -0.39 is 11.9 Å². The third-order valence-corrected chi connectivity index (χ3v) is 4.90. The van der Waals surface area contributed by atoms with E-state index in [4.69, 9.17) is 4.74 Å². The number of aromatic nitrogens is 4. The van der Waals surface area contributed by atoms with E-state index in [1.807, 2.05) is 30.5 Å². The van der Waals surface area contributed by atoms with Gasteiger partial charge < -0.3 is 4.74 Å². The molecule has 0 N–H and O–H groups in total. The van der Waals surface area contributed by atoms with Crippen molar-refractivity contribution >= 4 is 10.9 Å². The van der Waals surface area contributed by atoms with E-state index in [0.717, 1.165) is 24.4 Å². The Balaban J connectivity index is 0.000000203. The van der Waals surface area contributed by atoms with Crippen LogP contribution in [-0.4, -0.2) is 26.5 Å². The summed E-state index contributed by atoms with van der Waals surface area (Å²) >= 11 is 0. The Hall–Kier alpha value is -3.55. The largest absolute Gasteiger partial charge is 0.477 e. The molecule has 1 aliphatic rings. The molecule has 5 rings (SSSR count). The van der Waals surface area contributed by atoms with Crippen molar-refractivity contribution in [1.29, 1.82) is 0 Å². The van der Waals surface area contributed by atoms with Gasteiger partial charge in [0.2, 0.25) is 5.88 Å². The molecule has 0 spiro atoms. The van der Waals surface area contributed by atoms with Crippen molar-refractivity contribution in [3.8, 4) is 17.0 Å². The number of pyridine rings is 2. The van der Waals surface area contributed by atoms with Crippen LogP contribution in [-0.2, 0) is 6.18 Å². The minimum absolute atomic E-state index is 0.390. The first-order valence-electron chi connectivity index (χ1n) is 10.2. The molecule has 0 bridgehead atoms. The van der Waals surface area contributed by atoms with Crippen LogP contribution in [0.15, 0.2) is 67.1 Å². The van der Waals surface area contributed by atoms with Crippen molar-refractivity contribution in [3.63, 3.8) is 0 Å². The highest BCUT2D eigenvalue weighted by atomic mass is 19.4. The number of aryl methyl sites for hydroxylation is 1. The van der Waals surface area contributed by atoms with E-state index >= 15 is 0 Å². The molecule has 1 aliphatic carbocycles. The van der Waals surface area contributed by atoms with Gasteiger partial charge in [0.25, 0.3) is 0 Å². The summed E-state index contributed by atoms with van der Waals surface area (Å²) in [5, 5.41) is 1.20. The number of para-hydroxylation sites is 1. The average Bonchev–Trinajstić information content (AvgIpc) is 3.62. The number of nitrogens with zero attached hydrogens (tertiary/aromatic N) is 4. The summed E-state index contributed by atoms with van der Waals surface area (Å²) in [7, 11) is 0. The molecule has 1 aromatic carbocycles. The van der Waals surface area contributed by atoms with Gasteiger partial charge in [0, 0.05) is 29.5 Å². The summed E-state index contributed by atoms with van der Waals surface area (Å²) in [6.45, 7) is 2.30. The molecule has 4 aromatic rings. The molecule has 0 atom stereocenters. The lowest BCUT2D eigenvalue weighted by atomic mass is 10.1. The predicted octanol–water partition coefficient (Wildman–Crippen LogP) is 5.89. The second kappa shape index (κ2) is 9.30. The zero-order valence-corrected chi connectivity index (χ0v) is 17.4. The number of alkyl halides is 3. The Labute approximate surface area is 183 Å². The number of halogens is 3. The van der Waals surface area contributed by atoms with Gasteiger partial charge in [-0.25, -0.2) is 4.98 Å². The maximum atomic E-state index is 12.6. The molecular formula is C24H21F3N4O. The quantitative estimate of drug-likeness (QED) is 0.398. The standard InChI is InChI=1S/C15H14F3N3O.C9H7N/c1-9-19-7-12(14(21-9)22-8-10-2-3-10)11-4-5-13(20-6-11)15(16,17)18;1-2-6-9-8(4-1)5-3-7-10-9/h4-7,10H,2-3,8H2,1H3;1-7H. The van der Waals surface area contributed by atoms with Gasteiger partial charge in [-0.1, -0.05) is 30.3 Å². The number of rotatable bonds is 4. The molecular weight excluding hydrogens is 417 g/mol. The molecule has 0 amide bonds. The molecule has 164 valence electrons. The van der Waals surface area contributed by atoms with Crippen molar-refractivity contribution in [2.45, 2.75) is 25.9 Å². The van der Waals surface area contributed by atoms with Crippen molar-refractivity contribution in [2.24, 2.45) is 5.92 Å². The summed E-state index contributed by atoms with van der Waals surface area (Å²) in [5.74, 6) is 1.49. The number of fused-ring (bicyclic) bond motifs is 1. The minimum atomic E-state index is -4.45. The van der Waals surface area contributed by atoms with Crippen molar-refractivity contribution in [3.05, 3.63) is 78.6 Å². The van der Waals surface area contributed by atoms with Gasteiger partial charge in [-0.2, -0.15) is 18.2 Å². The van der Waals surface area contributed by atoms with E-state index in [1.54, 1.807) is 13.1 Å². The zero-order valence-electron chi connectivity index (χ0n) is 17.4. The molecule has 32 heavy (non-hydrogen) atoms. The van der Waals surface area contributed by atoms with Crippen molar-refractivity contribution in [1.82, 2.24) is 19.9 Å². The second-order valence-electron chi connectivity index (χ2n) is 7.52. The Morgan fingerprint density at radius 2 is 1.72 bits per heavy atom. The summed E-state index contributed by atoms with van der Waals surface area (Å²) in [6.07, 6.45) is 2.36. The van der Waals surface area contributed by atoms with Crippen LogP contribution in [0.4, 0.5) is 13.2 Å². The molecule has 0 aliphatic heterocycles. The van der Waals surface area contributed by atoms with Crippen LogP contribution in [0.5, 0.6) is 5.88 Å². The fourth-order valence-electron chi connectivity index (χ4n) is 2.98. The predicted molar refractivity (Wildman–Crippen MR) is 115 cm³/mol. The van der Waals surface area contributed by atoms with Gasteiger partial charge in [0.1, 0.15) is 11.5 Å². The average molecular weight is 438 g/mol. The Morgan fingerprint density at radius 1 is 0.938 bits per heavy atom. The molecule has 3 heterocycles. The fraction of sp³-hybridized carbons (Fsp3) is 0.250. The SMILES string of the molecule is Cc1ncc(-c2ccc(C(F)(F)F)nc2)c(OCC2CC2)n1.c1ccc2ncccc2c1. The lowest BCUT2D eigenvalue weighted by molar-refractivity contribution is -0.141. The van der Waals surface area contributed by atoms with Crippen LogP contribution >= 0.6 is 0 Å². The van der Waals surface area contributed by atoms with Crippen LogP contribution in [0, 0.1) is 12.8 Å². The molecule has 5 nitrogen and oxygen atoms in total. The van der Waals surface area contributed by atoms with Crippen LogP contribution in [0.1, 0.15) is 24.4 Å². The summed E-state index contributed by atoms with van der Waals surface area (Å²) in [5.41, 5.74) is 1.18. The molecule has 8 heteroatoms. The Morgan fingerprint density at radius 3 is 2.41 bits per heavy atom. The Kier molecular flexibility index (Phi) is 6.30. The third-order valence-electron chi connectivity index (χ3n) is 4.90. The van der Waals surface area contributed by atoms with Crippen LogP contribution < -0.4 is 4.74 Å². The van der Waals surface area contributed by atoms with E-state index in [-0.39, 0.29) is 0 Å². The number of benzene rings is 1. The van der Waals surface area contributed by atoms with Gasteiger partial charge in [-0.05, 0) is 43.9 Å². The molecule has 3 aromatic heterocycles. The van der Waals surface area contributed by atoms with Crippen molar-refractivity contribution in [2.75, 3.05) is 6.61 Å². The van der Waals surface area contributed by atoms with Gasteiger partial charge in [-0.3, -0.25) is 9.97 Å². The van der Waals surface area contributed by atoms with Gasteiger partial charge in [0.15, 0.2) is 0 Å². The van der Waals surface area contributed by atoms with Crippen LogP contribution in [0.25, 0.3) is 22.0 Å². The lowest BCUT2D eigenvalue weighted by Gasteiger charge is -2.11. The second-order valence-corrected chi connectivity index (χ2v) is 7.52. The lowest BCUT2D eigenvalue weighted by Crippen LogP contribution is -2.08.